The first-order valence-corrected chi connectivity index (χ1v) is 5.98. The van der Waals surface area contributed by atoms with Crippen molar-refractivity contribution in [2.24, 2.45) is 0 Å². The molecule has 0 saturated heterocycles. The van der Waals surface area contributed by atoms with Crippen molar-refractivity contribution in [2.75, 3.05) is 5.33 Å². The zero-order valence-corrected chi connectivity index (χ0v) is 10.4. The standard InChI is InChI=1S/C11H12BrF2NO/c1-7(4-5-12)15-11(16)9-6-8(13)2-3-10(9)14/h2-3,6-7H,4-5H2,1H3,(H,15,16). The number of rotatable bonds is 4. The average molecular weight is 292 g/mol. The molecule has 0 heterocycles. The lowest BCUT2D eigenvalue weighted by Gasteiger charge is -2.12. The highest BCUT2D eigenvalue weighted by molar-refractivity contribution is 9.09. The van der Waals surface area contributed by atoms with Gasteiger partial charge in [-0.2, -0.15) is 0 Å². The summed E-state index contributed by atoms with van der Waals surface area (Å²) in [7, 11) is 0. The van der Waals surface area contributed by atoms with E-state index >= 15 is 0 Å². The van der Waals surface area contributed by atoms with Crippen LogP contribution in [0.5, 0.6) is 0 Å². The first kappa shape index (κ1) is 13.1. The van der Waals surface area contributed by atoms with Gasteiger partial charge in [-0.15, -0.1) is 0 Å². The van der Waals surface area contributed by atoms with E-state index < -0.39 is 17.5 Å². The molecule has 0 aromatic heterocycles. The Balaban J connectivity index is 2.76. The average Bonchev–Trinajstić information content (AvgIpc) is 2.21. The predicted octanol–water partition coefficient (Wildman–Crippen LogP) is 2.87. The van der Waals surface area contributed by atoms with Gasteiger partial charge in [0.2, 0.25) is 0 Å². The fraction of sp³-hybridized carbons (Fsp3) is 0.364. The predicted molar refractivity (Wildman–Crippen MR) is 61.7 cm³/mol. The normalized spacial score (nSPS) is 12.2. The first-order valence-electron chi connectivity index (χ1n) is 4.86. The van der Waals surface area contributed by atoms with Gasteiger partial charge in [0, 0.05) is 11.4 Å². The molecule has 0 aliphatic carbocycles. The van der Waals surface area contributed by atoms with Gasteiger partial charge < -0.3 is 5.32 Å². The highest BCUT2D eigenvalue weighted by Crippen LogP contribution is 2.10. The maximum Gasteiger partial charge on any atom is 0.254 e. The van der Waals surface area contributed by atoms with Crippen LogP contribution in [0, 0.1) is 11.6 Å². The van der Waals surface area contributed by atoms with Crippen molar-refractivity contribution in [2.45, 2.75) is 19.4 Å². The molecule has 1 N–H and O–H groups in total. The molecule has 0 aliphatic heterocycles. The Labute approximate surface area is 101 Å². The van der Waals surface area contributed by atoms with Crippen LogP contribution < -0.4 is 5.32 Å². The highest BCUT2D eigenvalue weighted by Gasteiger charge is 2.14. The second kappa shape index (κ2) is 5.94. The van der Waals surface area contributed by atoms with E-state index in [1.165, 1.54) is 0 Å². The Bertz CT molecular complexity index is 384. The maximum absolute atomic E-state index is 13.2. The van der Waals surface area contributed by atoms with Crippen LogP contribution in [0.15, 0.2) is 18.2 Å². The lowest BCUT2D eigenvalue weighted by atomic mass is 10.1. The fourth-order valence-corrected chi connectivity index (χ4v) is 1.90. The van der Waals surface area contributed by atoms with Crippen LogP contribution in [0.25, 0.3) is 0 Å². The summed E-state index contributed by atoms with van der Waals surface area (Å²) < 4.78 is 26.1. The van der Waals surface area contributed by atoms with E-state index in [1.54, 1.807) is 6.92 Å². The molecule has 2 nitrogen and oxygen atoms in total. The zero-order chi connectivity index (χ0) is 12.1. The second-order valence-corrected chi connectivity index (χ2v) is 4.27. The van der Waals surface area contributed by atoms with E-state index in [1.807, 2.05) is 0 Å². The van der Waals surface area contributed by atoms with Crippen molar-refractivity contribution in [3.63, 3.8) is 0 Å². The van der Waals surface area contributed by atoms with Gasteiger partial charge in [0.1, 0.15) is 11.6 Å². The Morgan fingerprint density at radius 3 is 2.81 bits per heavy atom. The molecule has 1 amide bonds. The lowest BCUT2D eigenvalue weighted by molar-refractivity contribution is 0.0935. The summed E-state index contributed by atoms with van der Waals surface area (Å²) in [6, 6.07) is 2.73. The minimum atomic E-state index is -0.718. The molecule has 88 valence electrons. The molecule has 1 rings (SSSR count). The molecule has 1 atom stereocenters. The van der Waals surface area contributed by atoms with E-state index in [4.69, 9.17) is 0 Å². The molecule has 5 heteroatoms. The van der Waals surface area contributed by atoms with E-state index in [2.05, 4.69) is 21.2 Å². The third kappa shape index (κ3) is 3.56. The van der Waals surface area contributed by atoms with Crippen molar-refractivity contribution in [1.82, 2.24) is 5.32 Å². The smallest absolute Gasteiger partial charge is 0.254 e. The van der Waals surface area contributed by atoms with E-state index in [0.29, 0.717) is 0 Å². The molecule has 1 aromatic carbocycles. The molecule has 0 radical (unpaired) electrons. The lowest BCUT2D eigenvalue weighted by Crippen LogP contribution is -2.33. The van der Waals surface area contributed by atoms with Crippen molar-refractivity contribution in [1.29, 1.82) is 0 Å². The summed E-state index contributed by atoms with van der Waals surface area (Å²) in [5.74, 6) is -1.94. The number of benzene rings is 1. The number of carbonyl (C=O) groups excluding carboxylic acids is 1. The molecule has 0 fully saturated rings. The molecular formula is C11H12BrF2NO. The summed E-state index contributed by atoms with van der Waals surface area (Å²) >= 11 is 3.24. The molecular weight excluding hydrogens is 280 g/mol. The summed E-state index contributed by atoms with van der Waals surface area (Å²) in [5, 5.41) is 3.33. The molecule has 0 aliphatic rings. The van der Waals surface area contributed by atoms with Crippen molar-refractivity contribution in [3.8, 4) is 0 Å². The zero-order valence-electron chi connectivity index (χ0n) is 8.77. The van der Waals surface area contributed by atoms with E-state index in [0.717, 1.165) is 30.0 Å². The van der Waals surface area contributed by atoms with E-state index in [9.17, 15) is 13.6 Å². The quantitative estimate of drug-likeness (QED) is 0.849. The third-order valence-corrected chi connectivity index (χ3v) is 2.55. The number of alkyl halides is 1. The topological polar surface area (TPSA) is 29.1 Å². The van der Waals surface area contributed by atoms with Crippen LogP contribution in [-0.2, 0) is 0 Å². The van der Waals surface area contributed by atoms with Crippen LogP contribution >= 0.6 is 15.9 Å². The van der Waals surface area contributed by atoms with Crippen LogP contribution in [0.2, 0.25) is 0 Å². The summed E-state index contributed by atoms with van der Waals surface area (Å²) in [4.78, 5) is 11.6. The largest absolute Gasteiger partial charge is 0.349 e. The van der Waals surface area contributed by atoms with Crippen LogP contribution in [0.1, 0.15) is 23.7 Å². The number of nitrogens with one attached hydrogen (secondary N) is 1. The summed E-state index contributed by atoms with van der Waals surface area (Å²) in [5.41, 5.74) is -0.263. The summed E-state index contributed by atoms with van der Waals surface area (Å²) in [6.07, 6.45) is 0.725. The van der Waals surface area contributed by atoms with Crippen LogP contribution in [-0.4, -0.2) is 17.3 Å². The van der Waals surface area contributed by atoms with Gasteiger partial charge in [-0.3, -0.25) is 4.79 Å². The fourth-order valence-electron chi connectivity index (χ4n) is 1.21. The number of carbonyl (C=O) groups is 1. The maximum atomic E-state index is 13.2. The first-order chi connectivity index (χ1) is 7.54. The minimum Gasteiger partial charge on any atom is -0.349 e. The van der Waals surface area contributed by atoms with Gasteiger partial charge >= 0.3 is 0 Å². The minimum absolute atomic E-state index is 0.0884. The molecule has 0 saturated carbocycles. The number of halogens is 3. The van der Waals surface area contributed by atoms with Crippen molar-refractivity contribution < 1.29 is 13.6 Å². The van der Waals surface area contributed by atoms with Crippen molar-refractivity contribution in [3.05, 3.63) is 35.4 Å². The molecule has 1 aromatic rings. The summed E-state index contributed by atoms with van der Waals surface area (Å²) in [6.45, 7) is 1.80. The second-order valence-electron chi connectivity index (χ2n) is 3.48. The molecule has 0 bridgehead atoms. The monoisotopic (exact) mass is 291 g/mol. The molecule has 0 spiro atoms. The SMILES string of the molecule is CC(CCBr)NC(=O)c1cc(F)ccc1F. The third-order valence-electron chi connectivity index (χ3n) is 2.09. The van der Waals surface area contributed by atoms with Gasteiger partial charge in [0.15, 0.2) is 0 Å². The number of amides is 1. The van der Waals surface area contributed by atoms with Crippen LogP contribution in [0.3, 0.4) is 0 Å². The van der Waals surface area contributed by atoms with Gasteiger partial charge in [-0.25, -0.2) is 8.78 Å². The van der Waals surface area contributed by atoms with E-state index in [-0.39, 0.29) is 11.6 Å². The van der Waals surface area contributed by atoms with Crippen molar-refractivity contribution >= 4 is 21.8 Å². The number of hydrogen-bond donors (Lipinski definition) is 1. The molecule has 16 heavy (non-hydrogen) atoms. The van der Waals surface area contributed by atoms with Gasteiger partial charge in [-0.05, 0) is 31.5 Å². The van der Waals surface area contributed by atoms with Gasteiger partial charge in [0.05, 0.1) is 5.56 Å². The Morgan fingerprint density at radius 1 is 1.50 bits per heavy atom. The van der Waals surface area contributed by atoms with Crippen LogP contribution in [0.4, 0.5) is 8.78 Å². The van der Waals surface area contributed by atoms with Gasteiger partial charge in [0.25, 0.3) is 5.91 Å². The Hall–Kier alpha value is -0.970. The molecule has 1 unspecified atom stereocenters. The highest BCUT2D eigenvalue weighted by atomic mass is 79.9. The Morgan fingerprint density at radius 2 is 2.19 bits per heavy atom. The van der Waals surface area contributed by atoms with Gasteiger partial charge in [-0.1, -0.05) is 15.9 Å². The number of hydrogen-bond acceptors (Lipinski definition) is 1. The Kier molecular flexibility index (Phi) is 4.86.